The smallest absolute Gasteiger partial charge is 0.434 e. The molecule has 2 aromatic heterocycles. The van der Waals surface area contributed by atoms with E-state index in [9.17, 15) is 54.2 Å². The molecule has 2 unspecified atom stereocenters. The molecule has 2 bridgehead atoms. The highest BCUT2D eigenvalue weighted by Crippen LogP contribution is 2.45. The van der Waals surface area contributed by atoms with Crippen molar-refractivity contribution in [2.24, 2.45) is 17.8 Å². The van der Waals surface area contributed by atoms with Crippen LogP contribution in [-0.4, -0.2) is 86.5 Å². The molecule has 1 aromatic carbocycles. The van der Waals surface area contributed by atoms with Gasteiger partial charge in [-0.1, -0.05) is 0 Å². The molecule has 1 aliphatic heterocycles. The third kappa shape index (κ3) is 8.74. The van der Waals surface area contributed by atoms with Gasteiger partial charge in [0.15, 0.2) is 11.5 Å². The summed E-state index contributed by atoms with van der Waals surface area (Å²) in [6.07, 6.45) is -4.44. The standard InChI is InChI=1S/C38H42F9N5O4/c39-35(40)37(43,44)19-51-9-5-25(6-10-51)56-26-1-2-27-29(18-52(30(27)16-26)24-3-7-36(41,42)8-4-24)32-48-17-28(31(50-32)38(45,46)47)33(53)49-23-14-20-11-21(15-23)13-22(12-20)34(54)55/h1-2,16-18,20-25,35H,3-15,19H2,(H,49,53)(H,54,55). The molecule has 7 rings (SSSR count). The van der Waals surface area contributed by atoms with Gasteiger partial charge in [0, 0.05) is 67.4 Å². The Kier molecular flexibility index (Phi) is 11.0. The maximum atomic E-state index is 14.6. The fraction of sp³-hybridized carbons (Fsp3) is 0.632. The second-order valence-electron chi connectivity index (χ2n) is 15.9. The van der Waals surface area contributed by atoms with Crippen LogP contribution in [0.15, 0.2) is 30.6 Å². The summed E-state index contributed by atoms with van der Waals surface area (Å²) >= 11 is 0. The van der Waals surface area contributed by atoms with Gasteiger partial charge in [0.2, 0.25) is 5.92 Å². The quantitative estimate of drug-likeness (QED) is 0.198. The van der Waals surface area contributed by atoms with E-state index in [0.717, 1.165) is 12.6 Å². The maximum Gasteiger partial charge on any atom is 0.434 e. The number of carboxylic acids is 1. The Hall–Kier alpha value is -4.09. The molecule has 306 valence electrons. The molecule has 1 amide bonds. The number of halogens is 9. The number of carbonyl (C=O) groups is 2. The summed E-state index contributed by atoms with van der Waals surface area (Å²) in [5.41, 5.74) is -1.59. The second-order valence-corrected chi connectivity index (χ2v) is 15.9. The summed E-state index contributed by atoms with van der Waals surface area (Å²) in [4.78, 5) is 34.3. The van der Waals surface area contributed by atoms with Gasteiger partial charge in [-0.05, 0) is 81.8 Å². The number of amides is 1. The monoisotopic (exact) mass is 803 g/mol. The average Bonchev–Trinajstić information content (AvgIpc) is 3.50. The Bertz CT molecular complexity index is 1910. The molecular weight excluding hydrogens is 761 g/mol. The number of likely N-dealkylation sites (tertiary alicyclic amines) is 1. The van der Waals surface area contributed by atoms with Crippen LogP contribution < -0.4 is 10.1 Å². The van der Waals surface area contributed by atoms with Crippen molar-refractivity contribution in [3.63, 3.8) is 0 Å². The summed E-state index contributed by atoms with van der Waals surface area (Å²) in [5, 5.41) is 12.6. The summed E-state index contributed by atoms with van der Waals surface area (Å²) in [7, 11) is 0. The van der Waals surface area contributed by atoms with E-state index in [1.165, 1.54) is 11.1 Å². The third-order valence-corrected chi connectivity index (χ3v) is 11.8. The predicted molar refractivity (Wildman–Crippen MR) is 184 cm³/mol. The number of piperidine rings is 1. The van der Waals surface area contributed by atoms with Crippen LogP contribution in [0.25, 0.3) is 22.3 Å². The highest BCUT2D eigenvalue weighted by atomic mass is 19.4. The largest absolute Gasteiger partial charge is 0.490 e. The topological polar surface area (TPSA) is 110 Å². The van der Waals surface area contributed by atoms with Crippen LogP contribution >= 0.6 is 0 Å². The normalized spacial score (nSPS) is 25.4. The SMILES string of the molecule is O=C(NC1CC2CC(C1)CC(C(=O)O)C2)c1cnc(-c2cn(C3CCC(F)(F)CC3)c3cc(OC4CCN(CC(F)(F)C(F)F)CC4)ccc23)nc1C(F)(F)F. The molecule has 3 aromatic rings. The second kappa shape index (κ2) is 15.3. The van der Waals surface area contributed by atoms with Crippen molar-refractivity contribution in [1.29, 1.82) is 0 Å². The lowest BCUT2D eigenvalue weighted by molar-refractivity contribution is -0.145. The minimum Gasteiger partial charge on any atom is -0.490 e. The first-order valence-corrected chi connectivity index (χ1v) is 18.9. The molecule has 0 spiro atoms. The number of nitrogens with zero attached hydrogens (tertiary/aromatic N) is 4. The Labute approximate surface area is 316 Å². The van der Waals surface area contributed by atoms with Gasteiger partial charge in [-0.2, -0.15) is 22.0 Å². The van der Waals surface area contributed by atoms with Crippen LogP contribution in [-0.2, 0) is 11.0 Å². The summed E-state index contributed by atoms with van der Waals surface area (Å²) in [6.45, 7) is -0.899. The highest BCUT2D eigenvalue weighted by molar-refractivity contribution is 5.97. The van der Waals surface area contributed by atoms with E-state index in [4.69, 9.17) is 4.74 Å². The number of benzene rings is 1. The van der Waals surface area contributed by atoms with Crippen LogP contribution in [0.3, 0.4) is 0 Å². The van der Waals surface area contributed by atoms with Gasteiger partial charge < -0.3 is 19.7 Å². The minimum absolute atomic E-state index is 0.0298. The van der Waals surface area contributed by atoms with Crippen molar-refractivity contribution in [2.75, 3.05) is 19.6 Å². The summed E-state index contributed by atoms with van der Waals surface area (Å²) in [5.74, 6) is -9.30. The van der Waals surface area contributed by atoms with Gasteiger partial charge in [0.1, 0.15) is 11.9 Å². The van der Waals surface area contributed by atoms with E-state index in [0.29, 0.717) is 42.3 Å². The number of rotatable bonds is 10. The lowest BCUT2D eigenvalue weighted by atomic mass is 9.66. The van der Waals surface area contributed by atoms with Gasteiger partial charge in [0.25, 0.3) is 5.91 Å². The number of carbonyl (C=O) groups excluding carboxylic acids is 1. The van der Waals surface area contributed by atoms with Crippen LogP contribution in [0.4, 0.5) is 39.5 Å². The lowest BCUT2D eigenvalue weighted by Crippen LogP contribution is -2.46. The molecule has 9 nitrogen and oxygen atoms in total. The molecular formula is C38H42F9N5O4. The Morgan fingerprint density at radius 3 is 2.23 bits per heavy atom. The van der Waals surface area contributed by atoms with Crippen molar-refractivity contribution < 1.29 is 58.9 Å². The predicted octanol–water partition coefficient (Wildman–Crippen LogP) is 8.62. The number of hydrogen-bond donors (Lipinski definition) is 2. The van der Waals surface area contributed by atoms with Crippen LogP contribution in [0.2, 0.25) is 0 Å². The molecule has 4 fully saturated rings. The van der Waals surface area contributed by atoms with Crippen molar-refractivity contribution in [3.05, 3.63) is 41.9 Å². The molecule has 1 saturated heterocycles. The first-order chi connectivity index (χ1) is 26.3. The number of carboxylic acid groups (broad SMARTS) is 1. The Morgan fingerprint density at radius 1 is 0.964 bits per heavy atom. The van der Waals surface area contributed by atoms with Gasteiger partial charge in [-0.15, -0.1) is 0 Å². The number of hydrogen-bond acceptors (Lipinski definition) is 6. The first-order valence-electron chi connectivity index (χ1n) is 18.9. The number of aliphatic carboxylic acids is 1. The van der Waals surface area contributed by atoms with Crippen LogP contribution in [0.1, 0.15) is 92.7 Å². The lowest BCUT2D eigenvalue weighted by Gasteiger charge is -2.41. The molecule has 18 heteroatoms. The Morgan fingerprint density at radius 2 is 1.62 bits per heavy atom. The number of ether oxygens (including phenoxy) is 1. The molecule has 56 heavy (non-hydrogen) atoms. The van der Waals surface area contributed by atoms with Crippen molar-refractivity contribution in [1.82, 2.24) is 24.8 Å². The van der Waals surface area contributed by atoms with Gasteiger partial charge in [0.05, 0.1) is 23.5 Å². The fourth-order valence-electron chi connectivity index (χ4n) is 9.16. The summed E-state index contributed by atoms with van der Waals surface area (Å²) in [6, 6.07) is 3.87. The van der Waals surface area contributed by atoms with Crippen molar-refractivity contribution in [2.45, 2.75) is 113 Å². The Balaban J connectivity index is 1.14. The number of aromatic nitrogens is 3. The molecule has 0 radical (unpaired) electrons. The molecule has 3 aliphatic carbocycles. The van der Waals surface area contributed by atoms with Crippen LogP contribution in [0.5, 0.6) is 5.75 Å². The van der Waals surface area contributed by atoms with E-state index < -0.39 is 91.1 Å². The van der Waals surface area contributed by atoms with Crippen molar-refractivity contribution >= 4 is 22.8 Å². The zero-order chi connectivity index (χ0) is 40.2. The van der Waals surface area contributed by atoms with E-state index >= 15 is 0 Å². The molecule has 2 N–H and O–H groups in total. The van der Waals surface area contributed by atoms with Crippen molar-refractivity contribution in [3.8, 4) is 17.1 Å². The number of nitrogens with one attached hydrogen (secondary N) is 1. The number of alkyl halides is 9. The number of fused-ring (bicyclic) bond motifs is 3. The molecule has 4 aliphatic rings. The first kappa shape index (κ1) is 40.1. The average molecular weight is 804 g/mol. The van der Waals surface area contributed by atoms with Gasteiger partial charge in [-0.25, -0.2) is 27.5 Å². The third-order valence-electron chi connectivity index (χ3n) is 11.8. The van der Waals surface area contributed by atoms with E-state index in [1.54, 1.807) is 22.8 Å². The highest BCUT2D eigenvalue weighted by Gasteiger charge is 2.44. The summed E-state index contributed by atoms with van der Waals surface area (Å²) < 4.78 is 133. The van der Waals surface area contributed by atoms with E-state index in [1.807, 2.05) is 0 Å². The fourth-order valence-corrected chi connectivity index (χ4v) is 9.16. The molecule has 3 saturated carbocycles. The molecule has 2 atom stereocenters. The van der Waals surface area contributed by atoms with Gasteiger partial charge >= 0.3 is 24.5 Å². The van der Waals surface area contributed by atoms with E-state index in [2.05, 4.69) is 15.3 Å². The minimum atomic E-state index is -5.05. The van der Waals surface area contributed by atoms with Crippen LogP contribution in [0, 0.1) is 17.8 Å². The zero-order valence-electron chi connectivity index (χ0n) is 30.2. The maximum absolute atomic E-state index is 14.6. The zero-order valence-corrected chi connectivity index (χ0v) is 30.2. The molecule has 3 heterocycles. The van der Waals surface area contributed by atoms with Gasteiger partial charge in [-0.3, -0.25) is 14.5 Å². The van der Waals surface area contributed by atoms with E-state index in [-0.39, 0.29) is 62.0 Å².